The molecule has 402 valence electrons. The second-order valence-electron chi connectivity index (χ2n) is 18.9. The van der Waals surface area contributed by atoms with Crippen LogP contribution >= 0.6 is 15.6 Å². The Morgan fingerprint density at radius 2 is 1.50 bits per heavy atom. The molecule has 2 bridgehead atoms. The van der Waals surface area contributed by atoms with Crippen LogP contribution in [-0.2, 0) is 51.1 Å². The largest absolute Gasteiger partial charge is 0.481 e. The molecule has 1 aromatic heterocycles. The summed E-state index contributed by atoms with van der Waals surface area (Å²) in [7, 11) is -11.3. The molecule has 23 heteroatoms. The van der Waals surface area contributed by atoms with Gasteiger partial charge in [-0.1, -0.05) is 129 Å². The zero-order valence-corrected chi connectivity index (χ0v) is 43.0. The van der Waals surface area contributed by atoms with E-state index >= 15 is 0 Å². The third-order valence-electron chi connectivity index (χ3n) is 12.4. The van der Waals surface area contributed by atoms with Crippen molar-refractivity contribution in [3.05, 3.63) is 34.9 Å². The van der Waals surface area contributed by atoms with Gasteiger partial charge in [0.1, 0.15) is 36.6 Å². The third kappa shape index (κ3) is 23.8. The van der Waals surface area contributed by atoms with Crippen LogP contribution in [0, 0.1) is 17.8 Å². The molecule has 0 amide bonds. The lowest BCUT2D eigenvalue weighted by molar-refractivity contribution is -0.184. The average Bonchev–Trinajstić information content (AvgIpc) is 3.28. The molecule has 2 aliphatic heterocycles. The van der Waals surface area contributed by atoms with E-state index < -0.39 is 120 Å². The Morgan fingerprint density at radius 1 is 0.871 bits per heavy atom. The molecule has 0 aromatic carbocycles. The number of nitrogens with zero attached hydrogens (tertiary/aromatic N) is 2. The number of ketones is 1. The van der Waals surface area contributed by atoms with Gasteiger partial charge in [0.05, 0.1) is 37.4 Å². The highest BCUT2D eigenvalue weighted by Crippen LogP contribution is 2.60. The number of nitrogens with two attached hydrogens (primary N) is 1. The third-order valence-corrected chi connectivity index (χ3v) is 15.0. The SMILES string of the molecule is CCCCC[C@H](O)/C=C/[C@@H]1[C@H](O)[C@H](O)[C@H]2COP(=O)(O)OP(=O)(O)OC[C@H](OC(=O)CCCCCCCCCCCC(C)C)COC(=O)CCCCCC[C@@H](C(=O)C[C@H]1O)[C@H](n1ccc(N)nc1=O)O2. The van der Waals surface area contributed by atoms with Crippen molar-refractivity contribution >= 4 is 39.2 Å². The maximum Gasteiger partial charge on any atom is 0.481 e. The molecular formula is C47H81N3O18P2. The summed E-state index contributed by atoms with van der Waals surface area (Å²) in [4.78, 5) is 78.4. The van der Waals surface area contributed by atoms with Crippen molar-refractivity contribution in [1.29, 1.82) is 0 Å². The normalized spacial score (nSPS) is 30.1. The van der Waals surface area contributed by atoms with Gasteiger partial charge in [0, 0.05) is 31.4 Å². The van der Waals surface area contributed by atoms with Gasteiger partial charge in [-0.3, -0.25) is 28.0 Å². The highest BCUT2D eigenvalue weighted by atomic mass is 31.3. The van der Waals surface area contributed by atoms with E-state index in [9.17, 15) is 58.5 Å². The van der Waals surface area contributed by atoms with Crippen molar-refractivity contribution in [1.82, 2.24) is 9.55 Å². The minimum absolute atomic E-state index is 0.00127. The van der Waals surface area contributed by atoms with Crippen LogP contribution in [0.25, 0.3) is 0 Å². The number of hydrogen-bond acceptors (Lipinski definition) is 18. The maximum absolute atomic E-state index is 14.3. The van der Waals surface area contributed by atoms with E-state index in [1.165, 1.54) is 50.1 Å². The maximum atomic E-state index is 14.3. The fourth-order valence-corrected chi connectivity index (χ4v) is 10.5. The fraction of sp³-hybridized carbons (Fsp3) is 0.809. The van der Waals surface area contributed by atoms with Crippen molar-refractivity contribution in [3.8, 4) is 0 Å². The summed E-state index contributed by atoms with van der Waals surface area (Å²) in [6, 6.07) is 1.23. The van der Waals surface area contributed by atoms with E-state index in [2.05, 4.69) is 23.1 Å². The molecule has 0 saturated carbocycles. The van der Waals surface area contributed by atoms with E-state index in [0.717, 1.165) is 49.5 Å². The number of unbranched alkanes of at least 4 members (excludes halogenated alkanes) is 10. The number of carbonyl (C=O) groups excluding carboxylic acids is 3. The van der Waals surface area contributed by atoms with E-state index in [1.54, 1.807) is 0 Å². The Kier molecular flexibility index (Phi) is 28.3. The smallest absolute Gasteiger partial charge is 0.462 e. The number of fused-ring (bicyclic) bond motifs is 3. The highest BCUT2D eigenvalue weighted by Gasteiger charge is 2.45. The van der Waals surface area contributed by atoms with Crippen LogP contribution in [0.1, 0.15) is 168 Å². The summed E-state index contributed by atoms with van der Waals surface area (Å²) >= 11 is 0. The van der Waals surface area contributed by atoms with Gasteiger partial charge in [-0.15, -0.1) is 0 Å². The lowest BCUT2D eigenvalue weighted by Crippen LogP contribution is -2.51. The molecule has 3 heterocycles. The topological polar surface area (TPSA) is 323 Å². The number of ether oxygens (including phenoxy) is 3. The van der Waals surface area contributed by atoms with Gasteiger partial charge in [-0.25, -0.2) is 13.9 Å². The van der Waals surface area contributed by atoms with Crippen molar-refractivity contribution in [2.24, 2.45) is 17.8 Å². The zero-order chi connectivity index (χ0) is 51.7. The number of Topliss-reactive ketones (excluding diaryl/α,β-unsaturated/α-hetero) is 1. The Labute approximate surface area is 412 Å². The molecule has 8 N–H and O–H groups in total. The lowest BCUT2D eigenvalue weighted by Gasteiger charge is -2.38. The Morgan fingerprint density at radius 3 is 2.16 bits per heavy atom. The molecule has 2 fully saturated rings. The molecule has 11 atom stereocenters. The number of phosphoric ester groups is 2. The summed E-state index contributed by atoms with van der Waals surface area (Å²) in [5.41, 5.74) is 4.75. The number of rotatable bonds is 20. The van der Waals surface area contributed by atoms with E-state index in [0.29, 0.717) is 50.9 Å². The van der Waals surface area contributed by atoms with Gasteiger partial charge in [-0.05, 0) is 37.7 Å². The number of carbonyl (C=O) groups is 3. The summed E-state index contributed by atoms with van der Waals surface area (Å²) in [6.45, 7) is 3.72. The van der Waals surface area contributed by atoms with Crippen LogP contribution in [0.4, 0.5) is 5.82 Å². The summed E-state index contributed by atoms with van der Waals surface area (Å²) < 4.78 is 58.9. The average molecular weight is 1040 g/mol. The molecule has 2 saturated heterocycles. The molecule has 1 aromatic rings. The van der Waals surface area contributed by atoms with Gasteiger partial charge in [-0.2, -0.15) is 9.29 Å². The first-order chi connectivity index (χ1) is 33.2. The van der Waals surface area contributed by atoms with Gasteiger partial charge in [0.25, 0.3) is 0 Å². The first-order valence-corrected chi connectivity index (χ1v) is 28.2. The summed E-state index contributed by atoms with van der Waals surface area (Å²) in [6.07, 6.45) is 5.78. The van der Waals surface area contributed by atoms with Gasteiger partial charge in [0.2, 0.25) is 0 Å². The predicted octanol–water partition coefficient (Wildman–Crippen LogP) is 6.50. The first kappa shape index (κ1) is 61.4. The second kappa shape index (κ2) is 32.3. The number of aromatic nitrogens is 2. The molecule has 21 nitrogen and oxygen atoms in total. The monoisotopic (exact) mass is 1040 g/mol. The molecule has 0 spiro atoms. The van der Waals surface area contributed by atoms with Crippen molar-refractivity contribution in [2.75, 3.05) is 25.6 Å². The number of esters is 2. The lowest BCUT2D eigenvalue weighted by atomic mass is 9.83. The molecule has 2 aliphatic rings. The quantitative estimate of drug-likeness (QED) is 0.0317. The van der Waals surface area contributed by atoms with Crippen molar-refractivity contribution in [3.63, 3.8) is 0 Å². The molecule has 0 aliphatic carbocycles. The summed E-state index contributed by atoms with van der Waals surface area (Å²) in [5.74, 6) is -4.22. The van der Waals surface area contributed by atoms with Crippen molar-refractivity contribution < 1.29 is 81.3 Å². The van der Waals surface area contributed by atoms with Crippen LogP contribution < -0.4 is 11.4 Å². The standard InChI is InChI=1S/C47H81N3O18P2/c1-4-5-15-21-34(51)25-26-36-38(52)29-39(53)37-22-17-13-14-18-23-42(54)63-30-35(66-43(55)24-19-12-10-8-6-7-9-11-16-20-33(2)3)31-64-69(59,60)68-70(61,62)65-32-40(45(57)44(36)56)67-46(37)50-28-27-41(48)49-47(50)58/h25-28,33-38,40,44-46,51-52,56-57H,4-24,29-32H2,1-3H3,(H,59,60)(H,61,62)(H2,48,49,58)/b26-25+/t34-,35+,36-,37-,38+,40+,44-,45+,46+/m0/s1. The van der Waals surface area contributed by atoms with Crippen LogP contribution in [0.15, 0.2) is 29.2 Å². The minimum Gasteiger partial charge on any atom is -0.462 e. The van der Waals surface area contributed by atoms with Crippen LogP contribution in [0.5, 0.6) is 0 Å². The number of nitrogen functional groups attached to an aromatic ring is 1. The zero-order valence-electron chi connectivity index (χ0n) is 41.2. The molecule has 3 rings (SSSR count). The first-order valence-electron chi connectivity index (χ1n) is 25.2. The van der Waals surface area contributed by atoms with Gasteiger partial charge < -0.3 is 50.2 Å². The number of anilines is 1. The fourth-order valence-electron chi connectivity index (χ4n) is 8.39. The Balaban J connectivity index is 1.86. The number of aliphatic hydroxyl groups excluding tert-OH is 4. The predicted molar refractivity (Wildman–Crippen MR) is 258 cm³/mol. The van der Waals surface area contributed by atoms with Gasteiger partial charge >= 0.3 is 33.3 Å². The van der Waals surface area contributed by atoms with Crippen LogP contribution in [0.2, 0.25) is 0 Å². The number of hydrogen-bond donors (Lipinski definition) is 7. The number of cyclic esters (lactones) is 1. The van der Waals surface area contributed by atoms with Crippen LogP contribution in [-0.4, -0.2) is 114 Å². The van der Waals surface area contributed by atoms with Crippen molar-refractivity contribution in [2.45, 2.75) is 205 Å². The highest BCUT2D eigenvalue weighted by molar-refractivity contribution is 7.61. The minimum atomic E-state index is -5.71. The number of aliphatic hydroxyl groups is 4. The molecule has 2 unspecified atom stereocenters. The summed E-state index contributed by atoms with van der Waals surface area (Å²) in [5, 5.41) is 45.5. The van der Waals surface area contributed by atoms with Gasteiger partial charge in [0.15, 0.2) is 6.10 Å². The molecule has 70 heavy (non-hydrogen) atoms. The van der Waals surface area contributed by atoms with E-state index in [-0.39, 0.29) is 25.1 Å². The number of phosphoric acid groups is 2. The molecular weight excluding hydrogens is 956 g/mol. The Hall–Kier alpha value is -2.91. The molecule has 0 radical (unpaired) electrons. The van der Waals surface area contributed by atoms with Crippen LogP contribution in [0.3, 0.4) is 0 Å². The van der Waals surface area contributed by atoms with E-state index in [4.69, 9.17) is 29.0 Å². The second-order valence-corrected chi connectivity index (χ2v) is 22.0. The van der Waals surface area contributed by atoms with E-state index in [1.807, 2.05) is 6.92 Å². The Bertz CT molecular complexity index is 1900.